The van der Waals surface area contributed by atoms with Crippen molar-refractivity contribution < 1.29 is 0 Å². The summed E-state index contributed by atoms with van der Waals surface area (Å²) in [5.41, 5.74) is 0. The van der Waals surface area contributed by atoms with E-state index in [-0.39, 0.29) is 0 Å². The molecule has 0 saturated carbocycles. The van der Waals surface area contributed by atoms with Crippen LogP contribution < -0.4 is 0 Å². The Hall–Kier alpha value is -0.660. The second kappa shape index (κ2) is 26.0. The highest BCUT2D eigenvalue weighted by Gasteiger charge is 2.24. The largest absolute Gasteiger partial charge is 0.356 e. The van der Waals surface area contributed by atoms with E-state index in [1.165, 1.54) is 180 Å². The van der Waals surface area contributed by atoms with Crippen LogP contribution in [0.25, 0.3) is 0 Å². The molecular weight excluding hydrogens is 436 g/mol. The number of unbranched alkanes of at least 4 members (excludes halogenated alkanes) is 22. The summed E-state index contributed by atoms with van der Waals surface area (Å²) in [7, 11) is 0. The first-order valence-electron chi connectivity index (χ1n) is 17.0. The van der Waals surface area contributed by atoms with Crippen molar-refractivity contribution in [1.29, 1.82) is 0 Å². The van der Waals surface area contributed by atoms with Crippen LogP contribution in [0.2, 0.25) is 0 Å². The SMILES string of the molecule is CCCCCCCCCCCCCCCCCN1C=CN(CCCCCCC)C1CCCCCCC. The van der Waals surface area contributed by atoms with Gasteiger partial charge in [-0.25, -0.2) is 0 Å². The van der Waals surface area contributed by atoms with Crippen molar-refractivity contribution in [3.05, 3.63) is 12.4 Å². The smallest absolute Gasteiger partial charge is 0.101 e. The summed E-state index contributed by atoms with van der Waals surface area (Å²) < 4.78 is 0. The third kappa shape index (κ3) is 18.6. The van der Waals surface area contributed by atoms with Crippen LogP contribution in [0.4, 0.5) is 0 Å². The van der Waals surface area contributed by atoms with Gasteiger partial charge in [-0.2, -0.15) is 0 Å². The van der Waals surface area contributed by atoms with Crippen molar-refractivity contribution in [2.24, 2.45) is 0 Å². The van der Waals surface area contributed by atoms with Gasteiger partial charge in [0.2, 0.25) is 0 Å². The molecule has 1 aliphatic rings. The summed E-state index contributed by atoms with van der Waals surface area (Å²) in [6, 6.07) is 0. The lowest BCUT2D eigenvalue weighted by atomic mass is 10.0. The molecule has 0 N–H and O–H groups in total. The van der Waals surface area contributed by atoms with Crippen LogP contribution in [-0.4, -0.2) is 29.1 Å². The summed E-state index contributed by atoms with van der Waals surface area (Å²) in [5, 5.41) is 0. The van der Waals surface area contributed by atoms with Crippen molar-refractivity contribution in [3.8, 4) is 0 Å². The molecule has 214 valence electrons. The number of hydrogen-bond acceptors (Lipinski definition) is 2. The maximum absolute atomic E-state index is 2.69. The number of hydrogen-bond donors (Lipinski definition) is 0. The van der Waals surface area contributed by atoms with Crippen LogP contribution in [0.5, 0.6) is 0 Å². The average molecular weight is 505 g/mol. The lowest BCUT2D eigenvalue weighted by Crippen LogP contribution is -2.39. The Balaban J connectivity index is 2.09. The van der Waals surface area contributed by atoms with E-state index >= 15 is 0 Å². The molecule has 0 aliphatic carbocycles. The Bertz CT molecular complexity index is 460. The molecule has 1 unspecified atom stereocenters. The van der Waals surface area contributed by atoms with E-state index < -0.39 is 0 Å². The molecule has 0 saturated heterocycles. The highest BCUT2D eigenvalue weighted by Crippen LogP contribution is 2.24. The van der Waals surface area contributed by atoms with Gasteiger partial charge >= 0.3 is 0 Å². The zero-order valence-electron chi connectivity index (χ0n) is 25.4. The van der Waals surface area contributed by atoms with Crippen LogP contribution in [0.1, 0.15) is 188 Å². The molecule has 1 rings (SSSR count). The number of nitrogens with zero attached hydrogens (tertiary/aromatic N) is 2. The molecule has 0 aromatic heterocycles. The minimum Gasteiger partial charge on any atom is -0.356 e. The van der Waals surface area contributed by atoms with Gasteiger partial charge in [0.05, 0.1) is 0 Å². The molecule has 1 atom stereocenters. The van der Waals surface area contributed by atoms with E-state index in [9.17, 15) is 0 Å². The van der Waals surface area contributed by atoms with Crippen molar-refractivity contribution in [1.82, 2.24) is 9.80 Å². The molecule has 36 heavy (non-hydrogen) atoms. The fourth-order valence-corrected chi connectivity index (χ4v) is 5.83. The van der Waals surface area contributed by atoms with E-state index in [0.29, 0.717) is 6.17 Å². The van der Waals surface area contributed by atoms with Gasteiger partial charge < -0.3 is 9.80 Å². The zero-order valence-corrected chi connectivity index (χ0v) is 25.4. The normalized spacial score (nSPS) is 15.5. The van der Waals surface area contributed by atoms with Gasteiger partial charge in [-0.1, -0.05) is 162 Å². The third-order valence-corrected chi connectivity index (χ3v) is 8.32. The van der Waals surface area contributed by atoms with Crippen LogP contribution in [0.15, 0.2) is 12.4 Å². The van der Waals surface area contributed by atoms with Crippen molar-refractivity contribution in [2.45, 2.75) is 194 Å². The van der Waals surface area contributed by atoms with Crippen molar-refractivity contribution in [3.63, 3.8) is 0 Å². The molecule has 0 aromatic rings. The van der Waals surface area contributed by atoms with Gasteiger partial charge in [-0.05, 0) is 25.7 Å². The summed E-state index contributed by atoms with van der Waals surface area (Å²) >= 11 is 0. The fraction of sp³-hybridized carbons (Fsp3) is 0.941. The summed E-state index contributed by atoms with van der Waals surface area (Å²) in [5.74, 6) is 0. The second-order valence-corrected chi connectivity index (χ2v) is 11.8. The summed E-state index contributed by atoms with van der Waals surface area (Å²) in [6.07, 6.45) is 42.5. The Morgan fingerprint density at radius 2 is 0.639 bits per heavy atom. The van der Waals surface area contributed by atoms with Crippen LogP contribution in [0, 0.1) is 0 Å². The van der Waals surface area contributed by atoms with Gasteiger partial charge in [-0.3, -0.25) is 0 Å². The predicted octanol–water partition coefficient (Wildman–Crippen LogP) is 11.6. The molecule has 0 fully saturated rings. The quantitative estimate of drug-likeness (QED) is 0.0977. The lowest BCUT2D eigenvalue weighted by Gasteiger charge is -2.33. The van der Waals surface area contributed by atoms with Crippen LogP contribution in [-0.2, 0) is 0 Å². The molecule has 0 bridgehead atoms. The Labute approximate surface area is 229 Å². The van der Waals surface area contributed by atoms with Crippen molar-refractivity contribution >= 4 is 0 Å². The van der Waals surface area contributed by atoms with E-state index in [0.717, 1.165) is 0 Å². The molecule has 0 spiro atoms. The maximum Gasteiger partial charge on any atom is 0.101 e. The zero-order chi connectivity index (χ0) is 25.9. The monoisotopic (exact) mass is 505 g/mol. The van der Waals surface area contributed by atoms with E-state index in [4.69, 9.17) is 0 Å². The standard InChI is InChI=1S/C34H68N2/c1-4-7-10-13-14-15-16-17-18-19-20-21-22-25-28-31-36-33-32-35(30-27-24-12-9-6-3)34(36)29-26-23-11-8-5-2/h32-34H,4-31H2,1-3H3. The number of rotatable bonds is 28. The van der Waals surface area contributed by atoms with Gasteiger partial charge in [0.15, 0.2) is 0 Å². The molecule has 2 nitrogen and oxygen atoms in total. The predicted molar refractivity (Wildman–Crippen MR) is 163 cm³/mol. The maximum atomic E-state index is 2.69. The van der Waals surface area contributed by atoms with Crippen LogP contribution in [0.3, 0.4) is 0 Å². The molecule has 2 heteroatoms. The molecule has 0 radical (unpaired) electrons. The Morgan fingerprint density at radius 1 is 0.361 bits per heavy atom. The summed E-state index contributed by atoms with van der Waals surface area (Å²) in [6.45, 7) is 9.46. The highest BCUT2D eigenvalue weighted by molar-refractivity contribution is 4.97. The third-order valence-electron chi connectivity index (χ3n) is 8.32. The fourth-order valence-electron chi connectivity index (χ4n) is 5.83. The van der Waals surface area contributed by atoms with Gasteiger partial charge in [-0.15, -0.1) is 0 Å². The molecule has 1 heterocycles. The average Bonchev–Trinajstić information content (AvgIpc) is 3.27. The topological polar surface area (TPSA) is 6.48 Å². The minimum atomic E-state index is 0.643. The van der Waals surface area contributed by atoms with E-state index in [1.807, 2.05) is 0 Å². The molecule has 1 aliphatic heterocycles. The van der Waals surface area contributed by atoms with E-state index in [2.05, 4.69) is 43.0 Å². The Morgan fingerprint density at radius 3 is 0.972 bits per heavy atom. The molecule has 0 amide bonds. The van der Waals surface area contributed by atoms with Gasteiger partial charge in [0.1, 0.15) is 6.17 Å². The minimum absolute atomic E-state index is 0.643. The highest BCUT2D eigenvalue weighted by atomic mass is 15.4. The first-order chi connectivity index (χ1) is 17.8. The molecule has 0 aromatic carbocycles. The van der Waals surface area contributed by atoms with Gasteiger partial charge in [0.25, 0.3) is 0 Å². The second-order valence-electron chi connectivity index (χ2n) is 11.8. The first-order valence-corrected chi connectivity index (χ1v) is 17.0. The lowest BCUT2D eigenvalue weighted by molar-refractivity contribution is 0.135. The summed E-state index contributed by atoms with van der Waals surface area (Å²) in [4.78, 5) is 5.37. The van der Waals surface area contributed by atoms with E-state index in [1.54, 1.807) is 0 Å². The van der Waals surface area contributed by atoms with Crippen LogP contribution >= 0.6 is 0 Å². The molecular formula is C34H68N2. The van der Waals surface area contributed by atoms with Gasteiger partial charge in [0, 0.05) is 25.5 Å². The Kier molecular flexibility index (Phi) is 24.1. The van der Waals surface area contributed by atoms with Crippen molar-refractivity contribution in [2.75, 3.05) is 13.1 Å². The first kappa shape index (κ1) is 33.4.